The SMILES string of the molecule is COc1cc(CBr)cc(Br)c1OCc1cncc(F)c1. The molecule has 1 heterocycles. The minimum absolute atomic E-state index is 0.216. The van der Waals surface area contributed by atoms with Crippen molar-refractivity contribution in [3.63, 3.8) is 0 Å². The number of rotatable bonds is 5. The fraction of sp³-hybridized carbons (Fsp3) is 0.214. The largest absolute Gasteiger partial charge is 0.493 e. The van der Waals surface area contributed by atoms with Crippen LogP contribution in [0.5, 0.6) is 11.5 Å². The minimum atomic E-state index is -0.383. The maximum absolute atomic E-state index is 13.1. The van der Waals surface area contributed by atoms with Crippen molar-refractivity contribution in [1.82, 2.24) is 4.98 Å². The number of alkyl halides is 1. The van der Waals surface area contributed by atoms with Crippen LogP contribution in [0.3, 0.4) is 0 Å². The first kappa shape index (κ1) is 15.3. The van der Waals surface area contributed by atoms with Gasteiger partial charge in [0.05, 0.1) is 17.8 Å². The Hall–Kier alpha value is -1.14. The van der Waals surface area contributed by atoms with Gasteiger partial charge < -0.3 is 9.47 Å². The third kappa shape index (κ3) is 3.70. The van der Waals surface area contributed by atoms with E-state index in [4.69, 9.17) is 9.47 Å². The Morgan fingerprint density at radius 1 is 1.20 bits per heavy atom. The normalized spacial score (nSPS) is 10.4. The number of halogens is 3. The lowest BCUT2D eigenvalue weighted by molar-refractivity contribution is 0.281. The number of ether oxygens (including phenoxy) is 2. The van der Waals surface area contributed by atoms with Crippen LogP contribution < -0.4 is 9.47 Å². The predicted octanol–water partition coefficient (Wildman–Crippen LogP) is 4.47. The Balaban J connectivity index is 2.20. The van der Waals surface area contributed by atoms with Crippen molar-refractivity contribution in [3.8, 4) is 11.5 Å². The van der Waals surface area contributed by atoms with Gasteiger partial charge in [0.15, 0.2) is 11.5 Å². The molecule has 0 amide bonds. The molecule has 2 rings (SSSR count). The molecule has 0 bridgehead atoms. The summed E-state index contributed by atoms with van der Waals surface area (Å²) in [5.41, 5.74) is 1.72. The summed E-state index contributed by atoms with van der Waals surface area (Å²) >= 11 is 6.85. The summed E-state index contributed by atoms with van der Waals surface area (Å²) in [6.07, 6.45) is 2.72. The summed E-state index contributed by atoms with van der Waals surface area (Å²) < 4.78 is 24.9. The van der Waals surface area contributed by atoms with Gasteiger partial charge in [0, 0.05) is 17.1 Å². The second-order valence-electron chi connectivity index (χ2n) is 4.04. The number of aromatic nitrogens is 1. The Morgan fingerprint density at radius 3 is 2.65 bits per heavy atom. The number of pyridine rings is 1. The number of benzene rings is 1. The quantitative estimate of drug-likeness (QED) is 0.689. The highest BCUT2D eigenvalue weighted by atomic mass is 79.9. The molecule has 6 heteroatoms. The van der Waals surface area contributed by atoms with Gasteiger partial charge in [-0.2, -0.15) is 0 Å². The van der Waals surface area contributed by atoms with Crippen LogP contribution in [-0.4, -0.2) is 12.1 Å². The summed E-state index contributed by atoms with van der Waals surface area (Å²) in [7, 11) is 1.58. The lowest BCUT2D eigenvalue weighted by Crippen LogP contribution is -2.00. The smallest absolute Gasteiger partial charge is 0.175 e. The zero-order valence-corrected chi connectivity index (χ0v) is 13.9. The van der Waals surface area contributed by atoms with E-state index in [-0.39, 0.29) is 12.4 Å². The van der Waals surface area contributed by atoms with E-state index in [1.54, 1.807) is 13.3 Å². The molecular weight excluding hydrogens is 393 g/mol. The molecule has 3 nitrogen and oxygen atoms in total. The molecule has 2 aromatic rings. The van der Waals surface area contributed by atoms with Crippen LogP contribution >= 0.6 is 31.9 Å². The van der Waals surface area contributed by atoms with E-state index in [0.717, 1.165) is 21.6 Å². The van der Waals surface area contributed by atoms with Crippen LogP contribution in [0.25, 0.3) is 0 Å². The number of nitrogens with zero attached hydrogens (tertiary/aromatic N) is 1. The van der Waals surface area contributed by atoms with E-state index >= 15 is 0 Å². The summed E-state index contributed by atoms with van der Waals surface area (Å²) in [5, 5.41) is 0.718. The first-order chi connectivity index (χ1) is 9.63. The highest BCUT2D eigenvalue weighted by Gasteiger charge is 2.12. The molecule has 0 spiro atoms. The summed E-state index contributed by atoms with van der Waals surface area (Å²) in [6.45, 7) is 0.216. The van der Waals surface area contributed by atoms with Gasteiger partial charge in [0.25, 0.3) is 0 Å². The fourth-order valence-electron chi connectivity index (χ4n) is 1.68. The molecule has 0 saturated carbocycles. The molecule has 0 N–H and O–H groups in total. The summed E-state index contributed by atoms with van der Waals surface area (Å²) in [5.74, 6) is 0.825. The molecule has 1 aromatic heterocycles. The molecular formula is C14H12Br2FNO2. The molecule has 0 aliphatic heterocycles. The van der Waals surface area contributed by atoms with Crippen molar-refractivity contribution in [2.24, 2.45) is 0 Å². The molecule has 1 aromatic carbocycles. The number of methoxy groups -OCH3 is 1. The molecule has 0 fully saturated rings. The lowest BCUT2D eigenvalue weighted by Gasteiger charge is -2.13. The van der Waals surface area contributed by atoms with E-state index in [1.165, 1.54) is 6.07 Å². The van der Waals surface area contributed by atoms with Crippen molar-refractivity contribution >= 4 is 31.9 Å². The van der Waals surface area contributed by atoms with Crippen LogP contribution in [0.4, 0.5) is 4.39 Å². The Bertz CT molecular complexity index is 608. The van der Waals surface area contributed by atoms with Gasteiger partial charge in [-0.05, 0) is 39.7 Å². The van der Waals surface area contributed by atoms with E-state index in [9.17, 15) is 4.39 Å². The first-order valence-electron chi connectivity index (χ1n) is 5.78. The van der Waals surface area contributed by atoms with Crippen LogP contribution in [0.1, 0.15) is 11.1 Å². The first-order valence-corrected chi connectivity index (χ1v) is 7.70. The van der Waals surface area contributed by atoms with Gasteiger partial charge in [-0.25, -0.2) is 4.39 Å². The summed E-state index contributed by atoms with van der Waals surface area (Å²) in [6, 6.07) is 5.22. The number of hydrogen-bond acceptors (Lipinski definition) is 3. The van der Waals surface area contributed by atoms with Crippen LogP contribution in [0.2, 0.25) is 0 Å². The third-order valence-electron chi connectivity index (χ3n) is 2.59. The third-order valence-corrected chi connectivity index (χ3v) is 3.82. The highest BCUT2D eigenvalue weighted by Crippen LogP contribution is 2.37. The molecule has 0 unspecified atom stereocenters. The molecule has 0 aliphatic carbocycles. The van der Waals surface area contributed by atoms with E-state index < -0.39 is 0 Å². The second kappa shape index (κ2) is 7.04. The maximum Gasteiger partial charge on any atom is 0.175 e. The fourth-order valence-corrected chi connectivity index (χ4v) is 2.61. The van der Waals surface area contributed by atoms with Crippen molar-refractivity contribution in [2.45, 2.75) is 11.9 Å². The molecule has 106 valence electrons. The van der Waals surface area contributed by atoms with Gasteiger partial charge in [0.2, 0.25) is 0 Å². The van der Waals surface area contributed by atoms with Crippen molar-refractivity contribution < 1.29 is 13.9 Å². The van der Waals surface area contributed by atoms with E-state index in [1.807, 2.05) is 12.1 Å². The van der Waals surface area contributed by atoms with Crippen molar-refractivity contribution in [3.05, 3.63) is 52.0 Å². The Morgan fingerprint density at radius 2 is 2.00 bits per heavy atom. The van der Waals surface area contributed by atoms with Gasteiger partial charge in [0.1, 0.15) is 12.4 Å². The Kier molecular flexibility index (Phi) is 5.37. The molecule has 0 atom stereocenters. The lowest BCUT2D eigenvalue weighted by atomic mass is 10.2. The average Bonchev–Trinajstić information content (AvgIpc) is 2.45. The monoisotopic (exact) mass is 403 g/mol. The van der Waals surface area contributed by atoms with Crippen molar-refractivity contribution in [2.75, 3.05) is 7.11 Å². The standard InChI is InChI=1S/C14H12Br2FNO2/c1-19-13-4-9(5-15)3-12(16)14(13)20-8-10-2-11(17)7-18-6-10/h2-4,6-7H,5,8H2,1H3. The zero-order valence-electron chi connectivity index (χ0n) is 10.7. The van der Waals surface area contributed by atoms with Crippen LogP contribution in [-0.2, 0) is 11.9 Å². The van der Waals surface area contributed by atoms with Gasteiger partial charge in [-0.15, -0.1) is 0 Å². The summed E-state index contributed by atoms with van der Waals surface area (Å²) in [4.78, 5) is 3.78. The van der Waals surface area contributed by atoms with E-state index in [2.05, 4.69) is 36.8 Å². The van der Waals surface area contributed by atoms with Gasteiger partial charge in [-0.1, -0.05) is 15.9 Å². The second-order valence-corrected chi connectivity index (χ2v) is 5.46. The van der Waals surface area contributed by atoms with Gasteiger partial charge >= 0.3 is 0 Å². The van der Waals surface area contributed by atoms with Gasteiger partial charge in [-0.3, -0.25) is 4.98 Å². The zero-order chi connectivity index (χ0) is 14.5. The molecule has 0 aliphatic rings. The molecule has 20 heavy (non-hydrogen) atoms. The Labute approximate surface area is 133 Å². The maximum atomic E-state index is 13.1. The van der Waals surface area contributed by atoms with Crippen LogP contribution in [0, 0.1) is 5.82 Å². The average molecular weight is 405 g/mol. The number of hydrogen-bond donors (Lipinski definition) is 0. The minimum Gasteiger partial charge on any atom is -0.493 e. The predicted molar refractivity (Wildman–Crippen MR) is 81.9 cm³/mol. The highest BCUT2D eigenvalue weighted by molar-refractivity contribution is 9.10. The van der Waals surface area contributed by atoms with E-state index in [0.29, 0.717) is 17.1 Å². The molecule has 0 radical (unpaired) electrons. The molecule has 0 saturated heterocycles. The van der Waals surface area contributed by atoms with Crippen LogP contribution in [0.15, 0.2) is 35.1 Å². The topological polar surface area (TPSA) is 31.4 Å². The van der Waals surface area contributed by atoms with Crippen molar-refractivity contribution in [1.29, 1.82) is 0 Å².